The molecule has 4 aromatic rings. The first-order valence-corrected chi connectivity index (χ1v) is 9.69. The van der Waals surface area contributed by atoms with Gasteiger partial charge < -0.3 is 9.51 Å². The molecule has 0 spiro atoms. The highest BCUT2D eigenvalue weighted by Crippen LogP contribution is 2.15. The van der Waals surface area contributed by atoms with E-state index in [1.54, 1.807) is 12.1 Å². The molecule has 0 aliphatic heterocycles. The van der Waals surface area contributed by atoms with Crippen molar-refractivity contribution in [2.45, 2.75) is 39.3 Å². The van der Waals surface area contributed by atoms with E-state index in [1.807, 2.05) is 6.92 Å². The van der Waals surface area contributed by atoms with E-state index < -0.39 is 16.2 Å². The number of imidazole rings is 1. The third kappa shape index (κ3) is 3.99. The highest BCUT2D eigenvalue weighted by Gasteiger charge is 2.18. The number of aromatic amines is 1. The van der Waals surface area contributed by atoms with Gasteiger partial charge in [0.25, 0.3) is 11.2 Å². The zero-order valence-electron chi connectivity index (χ0n) is 16.6. The average Bonchev–Trinajstić information content (AvgIpc) is 3.42. The molecule has 1 N–H and O–H groups in total. The molecule has 0 unspecified atom stereocenters. The van der Waals surface area contributed by atoms with Crippen LogP contribution in [-0.4, -0.2) is 34.2 Å². The first kappa shape index (κ1) is 20.2. The third-order valence-electron chi connectivity index (χ3n) is 4.83. The Labute approximate surface area is 174 Å². The number of aromatic nitrogens is 6. The minimum absolute atomic E-state index is 0.0208. The molecule has 12 nitrogen and oxygen atoms in total. The molecule has 0 bridgehead atoms. The van der Waals surface area contributed by atoms with Crippen LogP contribution in [0.4, 0.5) is 5.69 Å². The number of benzene rings is 1. The summed E-state index contributed by atoms with van der Waals surface area (Å²) in [5.41, 5.74) is 0.193. The molecule has 0 fully saturated rings. The van der Waals surface area contributed by atoms with Gasteiger partial charge in [0.2, 0.25) is 5.89 Å². The Balaban J connectivity index is 1.75. The summed E-state index contributed by atoms with van der Waals surface area (Å²) in [5.74, 6) is 0.729. The highest BCUT2D eigenvalue weighted by atomic mass is 16.6. The lowest BCUT2D eigenvalue weighted by molar-refractivity contribution is -0.384. The summed E-state index contributed by atoms with van der Waals surface area (Å²) in [7, 11) is 0. The van der Waals surface area contributed by atoms with Crippen LogP contribution in [0, 0.1) is 10.1 Å². The van der Waals surface area contributed by atoms with Crippen LogP contribution in [0.3, 0.4) is 0 Å². The Morgan fingerprint density at radius 1 is 1.23 bits per heavy atom. The van der Waals surface area contributed by atoms with Crippen molar-refractivity contribution >= 4 is 16.9 Å². The number of nitrogens with one attached hydrogen (secondary N) is 1. The number of nitrogens with zero attached hydrogens (tertiary/aromatic N) is 6. The molecular formula is C19H19N7O5. The standard InChI is InChI=1S/C19H19N7O5/c1-2-7-25-18(27)16-17(23-14(22-16)10-15-20-11-21-31-15)24(19(25)28)8-6-12-4-3-5-13(9-12)26(29)30/h3-5,9,11H,2,6-8,10H2,1H3,(H,22,23). The fraction of sp³-hybridized carbons (Fsp3) is 0.316. The monoisotopic (exact) mass is 425 g/mol. The molecule has 31 heavy (non-hydrogen) atoms. The Morgan fingerprint density at radius 2 is 2.06 bits per heavy atom. The maximum absolute atomic E-state index is 13.0. The zero-order chi connectivity index (χ0) is 22.0. The van der Waals surface area contributed by atoms with Gasteiger partial charge in [-0.25, -0.2) is 9.78 Å². The molecule has 0 radical (unpaired) electrons. The van der Waals surface area contributed by atoms with E-state index in [-0.39, 0.29) is 36.4 Å². The number of H-pyrrole nitrogens is 1. The highest BCUT2D eigenvalue weighted by molar-refractivity contribution is 5.70. The maximum Gasteiger partial charge on any atom is 0.332 e. The molecule has 0 amide bonds. The summed E-state index contributed by atoms with van der Waals surface area (Å²) in [6.07, 6.45) is 2.41. The third-order valence-corrected chi connectivity index (χ3v) is 4.83. The molecule has 0 saturated carbocycles. The van der Waals surface area contributed by atoms with Crippen LogP contribution in [0.5, 0.6) is 0 Å². The van der Waals surface area contributed by atoms with Crippen LogP contribution in [0.25, 0.3) is 11.2 Å². The van der Waals surface area contributed by atoms with Crippen molar-refractivity contribution < 1.29 is 9.45 Å². The molecule has 3 heterocycles. The Hall–Kier alpha value is -4.09. The Morgan fingerprint density at radius 3 is 2.77 bits per heavy atom. The van der Waals surface area contributed by atoms with Gasteiger partial charge in [-0.3, -0.25) is 24.0 Å². The zero-order valence-corrected chi connectivity index (χ0v) is 16.6. The van der Waals surface area contributed by atoms with Gasteiger partial charge in [0.05, 0.1) is 11.3 Å². The first-order chi connectivity index (χ1) is 15.0. The molecule has 0 saturated heterocycles. The topological polar surface area (TPSA) is 155 Å². The Kier molecular flexibility index (Phi) is 5.43. The lowest BCUT2D eigenvalue weighted by Crippen LogP contribution is -2.40. The molecule has 0 aliphatic rings. The van der Waals surface area contributed by atoms with E-state index >= 15 is 0 Å². The summed E-state index contributed by atoms with van der Waals surface area (Å²) < 4.78 is 7.57. The number of rotatable bonds is 8. The van der Waals surface area contributed by atoms with E-state index in [2.05, 4.69) is 20.1 Å². The van der Waals surface area contributed by atoms with Gasteiger partial charge in [0.1, 0.15) is 11.3 Å². The second-order valence-corrected chi connectivity index (χ2v) is 6.96. The summed E-state index contributed by atoms with van der Waals surface area (Å²) in [6.45, 7) is 2.34. The molecule has 0 aliphatic carbocycles. The quantitative estimate of drug-likeness (QED) is 0.328. The van der Waals surface area contributed by atoms with Crippen LogP contribution < -0.4 is 11.2 Å². The minimum Gasteiger partial charge on any atom is -0.339 e. The predicted octanol–water partition coefficient (Wildman–Crippen LogP) is 1.42. The SMILES string of the molecule is CCCn1c(=O)c2[nH]c(Cc3ncno3)nc2n(CCc2cccc([N+](=O)[O-])c2)c1=O. The molecule has 1 aromatic carbocycles. The number of nitro groups is 1. The van der Waals surface area contributed by atoms with Gasteiger partial charge in [-0.2, -0.15) is 4.98 Å². The van der Waals surface area contributed by atoms with Crippen LogP contribution >= 0.6 is 0 Å². The van der Waals surface area contributed by atoms with Crippen molar-refractivity contribution in [2.24, 2.45) is 0 Å². The second-order valence-electron chi connectivity index (χ2n) is 6.96. The van der Waals surface area contributed by atoms with E-state index in [0.29, 0.717) is 30.1 Å². The smallest absolute Gasteiger partial charge is 0.332 e. The molecular weight excluding hydrogens is 406 g/mol. The average molecular weight is 425 g/mol. The summed E-state index contributed by atoms with van der Waals surface area (Å²) in [4.78, 5) is 47.8. The minimum atomic E-state index is -0.472. The number of nitro benzene ring substituents is 1. The van der Waals surface area contributed by atoms with Crippen LogP contribution in [0.15, 0.2) is 44.7 Å². The maximum atomic E-state index is 13.0. The first-order valence-electron chi connectivity index (χ1n) is 9.69. The van der Waals surface area contributed by atoms with E-state index in [1.165, 1.54) is 27.6 Å². The van der Waals surface area contributed by atoms with E-state index in [4.69, 9.17) is 4.52 Å². The summed E-state index contributed by atoms with van der Waals surface area (Å²) in [5, 5.41) is 14.6. The van der Waals surface area contributed by atoms with Gasteiger partial charge in [-0.15, -0.1) is 0 Å². The lowest BCUT2D eigenvalue weighted by Gasteiger charge is -2.10. The predicted molar refractivity (Wildman–Crippen MR) is 109 cm³/mol. The number of hydrogen-bond acceptors (Lipinski definition) is 8. The van der Waals surface area contributed by atoms with Crippen molar-refractivity contribution in [2.75, 3.05) is 0 Å². The fourth-order valence-electron chi connectivity index (χ4n) is 3.40. The van der Waals surface area contributed by atoms with Crippen molar-refractivity contribution in [3.63, 3.8) is 0 Å². The summed E-state index contributed by atoms with van der Waals surface area (Å²) in [6, 6.07) is 6.23. The van der Waals surface area contributed by atoms with E-state index in [9.17, 15) is 19.7 Å². The number of hydrogen-bond donors (Lipinski definition) is 1. The van der Waals surface area contributed by atoms with Gasteiger partial charge in [-0.05, 0) is 18.4 Å². The van der Waals surface area contributed by atoms with Gasteiger partial charge >= 0.3 is 5.69 Å². The molecule has 12 heteroatoms. The fourth-order valence-corrected chi connectivity index (χ4v) is 3.40. The largest absolute Gasteiger partial charge is 0.339 e. The van der Waals surface area contributed by atoms with Crippen LogP contribution in [-0.2, 0) is 25.9 Å². The van der Waals surface area contributed by atoms with Crippen LogP contribution in [0.2, 0.25) is 0 Å². The second kappa shape index (κ2) is 8.34. The van der Waals surface area contributed by atoms with Crippen molar-refractivity contribution in [1.82, 2.24) is 29.2 Å². The number of aryl methyl sites for hydroxylation is 2. The van der Waals surface area contributed by atoms with Crippen molar-refractivity contribution in [3.8, 4) is 0 Å². The normalized spacial score (nSPS) is 11.3. The van der Waals surface area contributed by atoms with Gasteiger partial charge in [-0.1, -0.05) is 24.2 Å². The number of non-ortho nitro benzene ring substituents is 1. The van der Waals surface area contributed by atoms with Gasteiger partial charge in [0.15, 0.2) is 12.0 Å². The molecule has 4 rings (SSSR count). The number of fused-ring (bicyclic) bond motifs is 1. The van der Waals surface area contributed by atoms with Gasteiger partial charge in [0, 0.05) is 25.2 Å². The van der Waals surface area contributed by atoms with E-state index in [0.717, 1.165) is 0 Å². The Bertz CT molecular complexity index is 1350. The summed E-state index contributed by atoms with van der Waals surface area (Å²) >= 11 is 0. The molecule has 3 aromatic heterocycles. The molecule has 160 valence electrons. The van der Waals surface area contributed by atoms with Crippen molar-refractivity contribution in [3.05, 3.63) is 78.8 Å². The van der Waals surface area contributed by atoms with Crippen molar-refractivity contribution in [1.29, 1.82) is 0 Å². The molecule has 0 atom stereocenters. The van der Waals surface area contributed by atoms with Crippen LogP contribution in [0.1, 0.15) is 30.6 Å². The lowest BCUT2D eigenvalue weighted by atomic mass is 10.1.